The molecule has 3 rings (SSSR count). The zero-order valence-corrected chi connectivity index (χ0v) is 13.9. The SMILES string of the molecule is O=C(O)CCn1nccc1C(=O)N1CCN(Cc2ccccn2)CC1. The molecule has 0 aromatic carbocycles. The number of hydrogen-bond donors (Lipinski definition) is 1. The molecule has 8 nitrogen and oxygen atoms in total. The molecule has 0 atom stereocenters. The molecule has 1 amide bonds. The van der Waals surface area contributed by atoms with Gasteiger partial charge in [0.2, 0.25) is 0 Å². The summed E-state index contributed by atoms with van der Waals surface area (Å²) in [6, 6.07) is 7.51. The first-order valence-electron chi connectivity index (χ1n) is 8.28. The summed E-state index contributed by atoms with van der Waals surface area (Å²) in [6.45, 7) is 3.81. The van der Waals surface area contributed by atoms with Crippen LogP contribution >= 0.6 is 0 Å². The first-order chi connectivity index (χ1) is 12.1. The Morgan fingerprint density at radius 1 is 1.08 bits per heavy atom. The molecular weight excluding hydrogens is 322 g/mol. The Balaban J connectivity index is 1.55. The number of amides is 1. The van der Waals surface area contributed by atoms with Crippen LogP contribution in [0.3, 0.4) is 0 Å². The molecule has 2 aromatic heterocycles. The summed E-state index contributed by atoms with van der Waals surface area (Å²) >= 11 is 0. The van der Waals surface area contributed by atoms with Crippen molar-refractivity contribution < 1.29 is 14.7 Å². The highest BCUT2D eigenvalue weighted by Gasteiger charge is 2.24. The van der Waals surface area contributed by atoms with Crippen LogP contribution < -0.4 is 0 Å². The molecule has 0 radical (unpaired) electrons. The first-order valence-corrected chi connectivity index (χ1v) is 8.28. The van der Waals surface area contributed by atoms with Gasteiger partial charge in [0.25, 0.3) is 5.91 Å². The van der Waals surface area contributed by atoms with E-state index in [0.29, 0.717) is 18.8 Å². The Bertz CT molecular complexity index is 723. The lowest BCUT2D eigenvalue weighted by atomic mass is 10.2. The summed E-state index contributed by atoms with van der Waals surface area (Å²) < 4.78 is 1.47. The van der Waals surface area contributed by atoms with Gasteiger partial charge in [-0.25, -0.2) is 0 Å². The summed E-state index contributed by atoms with van der Waals surface area (Å²) in [7, 11) is 0. The minimum Gasteiger partial charge on any atom is -0.481 e. The number of aryl methyl sites for hydroxylation is 1. The lowest BCUT2D eigenvalue weighted by molar-refractivity contribution is -0.137. The van der Waals surface area contributed by atoms with Gasteiger partial charge in [-0.3, -0.25) is 24.2 Å². The Labute approximate surface area is 145 Å². The molecule has 1 saturated heterocycles. The molecule has 0 unspecified atom stereocenters. The van der Waals surface area contributed by atoms with Crippen molar-refractivity contribution in [1.29, 1.82) is 0 Å². The number of aromatic nitrogens is 3. The summed E-state index contributed by atoms with van der Waals surface area (Å²) in [4.78, 5) is 31.8. The van der Waals surface area contributed by atoms with Crippen molar-refractivity contribution in [2.24, 2.45) is 0 Å². The van der Waals surface area contributed by atoms with Crippen LogP contribution in [0.1, 0.15) is 22.6 Å². The van der Waals surface area contributed by atoms with Crippen molar-refractivity contribution in [3.05, 3.63) is 48.0 Å². The van der Waals surface area contributed by atoms with Crippen molar-refractivity contribution in [2.45, 2.75) is 19.5 Å². The van der Waals surface area contributed by atoms with Gasteiger partial charge in [-0.2, -0.15) is 5.10 Å². The number of aliphatic carboxylic acids is 1. The van der Waals surface area contributed by atoms with Gasteiger partial charge in [0, 0.05) is 45.1 Å². The second-order valence-corrected chi connectivity index (χ2v) is 5.97. The fourth-order valence-corrected chi connectivity index (χ4v) is 2.89. The lowest BCUT2D eigenvalue weighted by Crippen LogP contribution is -2.48. The van der Waals surface area contributed by atoms with E-state index in [1.54, 1.807) is 17.2 Å². The van der Waals surface area contributed by atoms with E-state index < -0.39 is 5.97 Å². The third-order valence-electron chi connectivity index (χ3n) is 4.24. The molecular formula is C17H21N5O3. The molecule has 25 heavy (non-hydrogen) atoms. The zero-order chi connectivity index (χ0) is 17.6. The minimum absolute atomic E-state index is 0.0557. The van der Waals surface area contributed by atoms with E-state index in [4.69, 9.17) is 5.11 Å². The summed E-state index contributed by atoms with van der Waals surface area (Å²) in [6.07, 6.45) is 3.26. The van der Waals surface area contributed by atoms with Crippen molar-refractivity contribution in [2.75, 3.05) is 26.2 Å². The monoisotopic (exact) mass is 343 g/mol. The van der Waals surface area contributed by atoms with Crippen LogP contribution in [0.4, 0.5) is 0 Å². The Morgan fingerprint density at radius 3 is 2.56 bits per heavy atom. The van der Waals surface area contributed by atoms with Crippen LogP contribution in [0, 0.1) is 0 Å². The van der Waals surface area contributed by atoms with E-state index >= 15 is 0 Å². The van der Waals surface area contributed by atoms with Crippen LogP contribution in [-0.2, 0) is 17.9 Å². The summed E-state index contributed by atoms with van der Waals surface area (Å²) in [5.74, 6) is -1.00. The number of carboxylic acids is 1. The van der Waals surface area contributed by atoms with E-state index in [9.17, 15) is 9.59 Å². The van der Waals surface area contributed by atoms with Crippen LogP contribution in [-0.4, -0.2) is 67.7 Å². The Morgan fingerprint density at radius 2 is 1.88 bits per heavy atom. The van der Waals surface area contributed by atoms with E-state index in [2.05, 4.69) is 15.0 Å². The normalized spacial score (nSPS) is 15.3. The van der Waals surface area contributed by atoms with Gasteiger partial charge >= 0.3 is 5.97 Å². The van der Waals surface area contributed by atoms with E-state index in [0.717, 1.165) is 25.3 Å². The maximum atomic E-state index is 12.7. The highest BCUT2D eigenvalue weighted by Crippen LogP contribution is 2.11. The predicted octanol–water partition coefficient (Wildman–Crippen LogP) is 0.711. The van der Waals surface area contributed by atoms with Crippen molar-refractivity contribution >= 4 is 11.9 Å². The largest absolute Gasteiger partial charge is 0.481 e. The number of carbonyl (C=O) groups excluding carboxylic acids is 1. The Hall–Kier alpha value is -2.74. The van der Waals surface area contributed by atoms with Crippen molar-refractivity contribution in [3.8, 4) is 0 Å². The van der Waals surface area contributed by atoms with Crippen molar-refractivity contribution in [1.82, 2.24) is 24.6 Å². The number of carboxylic acid groups (broad SMARTS) is 1. The molecule has 1 aliphatic rings. The molecule has 132 valence electrons. The van der Waals surface area contributed by atoms with Gasteiger partial charge in [-0.15, -0.1) is 0 Å². The minimum atomic E-state index is -0.906. The van der Waals surface area contributed by atoms with Crippen LogP contribution in [0.25, 0.3) is 0 Å². The predicted molar refractivity (Wildman–Crippen MR) is 89.9 cm³/mol. The first kappa shape index (κ1) is 17.1. The summed E-state index contributed by atoms with van der Waals surface area (Å²) in [5.41, 5.74) is 1.47. The number of pyridine rings is 1. The number of carbonyl (C=O) groups is 2. The van der Waals surface area contributed by atoms with Gasteiger partial charge in [0.15, 0.2) is 0 Å². The Kier molecular flexibility index (Phi) is 5.39. The quantitative estimate of drug-likeness (QED) is 0.831. The lowest BCUT2D eigenvalue weighted by Gasteiger charge is -2.34. The molecule has 0 aliphatic carbocycles. The van der Waals surface area contributed by atoms with Gasteiger partial charge < -0.3 is 10.0 Å². The van der Waals surface area contributed by atoms with Crippen molar-refractivity contribution in [3.63, 3.8) is 0 Å². The number of piperazine rings is 1. The average molecular weight is 343 g/mol. The molecule has 0 bridgehead atoms. The molecule has 3 heterocycles. The molecule has 1 N–H and O–H groups in total. The average Bonchev–Trinajstić information content (AvgIpc) is 3.09. The van der Waals surface area contributed by atoms with Gasteiger partial charge in [0.1, 0.15) is 5.69 Å². The third-order valence-corrected chi connectivity index (χ3v) is 4.24. The molecule has 0 spiro atoms. The second kappa shape index (κ2) is 7.89. The second-order valence-electron chi connectivity index (χ2n) is 5.97. The number of nitrogens with zero attached hydrogens (tertiary/aromatic N) is 5. The molecule has 0 saturated carbocycles. The smallest absolute Gasteiger partial charge is 0.305 e. The molecule has 2 aromatic rings. The summed E-state index contributed by atoms with van der Waals surface area (Å²) in [5, 5.41) is 12.9. The van der Waals surface area contributed by atoms with Gasteiger partial charge in [-0.05, 0) is 18.2 Å². The van der Waals surface area contributed by atoms with E-state index in [1.807, 2.05) is 18.2 Å². The molecule has 8 heteroatoms. The number of rotatable bonds is 6. The van der Waals surface area contributed by atoms with Crippen LogP contribution in [0.2, 0.25) is 0 Å². The highest BCUT2D eigenvalue weighted by atomic mass is 16.4. The molecule has 1 fully saturated rings. The van der Waals surface area contributed by atoms with Crippen LogP contribution in [0.15, 0.2) is 36.7 Å². The van der Waals surface area contributed by atoms with Crippen LogP contribution in [0.5, 0.6) is 0 Å². The fraction of sp³-hybridized carbons (Fsp3) is 0.412. The zero-order valence-electron chi connectivity index (χ0n) is 13.9. The maximum absolute atomic E-state index is 12.7. The third kappa shape index (κ3) is 4.42. The highest BCUT2D eigenvalue weighted by molar-refractivity contribution is 5.92. The fourth-order valence-electron chi connectivity index (χ4n) is 2.89. The van der Waals surface area contributed by atoms with E-state index in [1.165, 1.54) is 10.9 Å². The molecule has 1 aliphatic heterocycles. The standard InChI is InChI=1S/C17H21N5O3/c23-16(24)5-8-22-15(4-7-19-22)17(25)21-11-9-20(10-12-21)13-14-3-1-2-6-18-14/h1-4,6-7H,5,8-13H2,(H,23,24). The maximum Gasteiger partial charge on any atom is 0.305 e. The topological polar surface area (TPSA) is 91.6 Å². The van der Waals surface area contributed by atoms with Gasteiger partial charge in [-0.1, -0.05) is 6.07 Å². The number of hydrogen-bond acceptors (Lipinski definition) is 5. The van der Waals surface area contributed by atoms with E-state index in [-0.39, 0.29) is 18.9 Å². The van der Waals surface area contributed by atoms with Gasteiger partial charge in [0.05, 0.1) is 18.7 Å².